The van der Waals surface area contributed by atoms with Crippen LogP contribution in [0.4, 0.5) is 5.69 Å². The van der Waals surface area contributed by atoms with E-state index in [1.165, 1.54) is 0 Å². The first kappa shape index (κ1) is 21.8. The Morgan fingerprint density at radius 1 is 1.16 bits per heavy atom. The number of nitrogens with one attached hydrogen (secondary N) is 1. The molecule has 6 atom stereocenters. The Hall–Kier alpha value is -2.42. The minimum atomic E-state index is -0.579. The number of carbonyl (C=O) groups excluding carboxylic acids is 4. The van der Waals surface area contributed by atoms with Gasteiger partial charge in [-0.3, -0.25) is 14.4 Å². The molecular formula is C22H24BrNO7. The lowest BCUT2D eigenvalue weighted by atomic mass is 9.80. The zero-order chi connectivity index (χ0) is 22.3. The van der Waals surface area contributed by atoms with Crippen LogP contribution in [0.5, 0.6) is 0 Å². The summed E-state index contributed by atoms with van der Waals surface area (Å²) in [4.78, 5) is 48.8. The third kappa shape index (κ3) is 4.20. The molecule has 0 radical (unpaired) electrons. The maximum absolute atomic E-state index is 12.6. The number of alkyl halides is 1. The van der Waals surface area contributed by atoms with Gasteiger partial charge >= 0.3 is 17.9 Å². The Labute approximate surface area is 188 Å². The summed E-state index contributed by atoms with van der Waals surface area (Å²) in [6, 6.07) is 6.26. The lowest BCUT2D eigenvalue weighted by Crippen LogP contribution is -2.39. The molecule has 3 fully saturated rings. The topological polar surface area (TPSA) is 108 Å². The van der Waals surface area contributed by atoms with Crippen molar-refractivity contribution in [2.45, 2.75) is 31.2 Å². The highest BCUT2D eigenvalue weighted by Gasteiger charge is 2.68. The van der Waals surface area contributed by atoms with E-state index < -0.39 is 36.3 Å². The highest BCUT2D eigenvalue weighted by molar-refractivity contribution is 9.09. The maximum atomic E-state index is 12.6. The van der Waals surface area contributed by atoms with Crippen molar-refractivity contribution in [1.29, 1.82) is 0 Å². The van der Waals surface area contributed by atoms with Crippen LogP contribution < -0.4 is 5.32 Å². The fourth-order valence-corrected chi connectivity index (χ4v) is 5.78. The van der Waals surface area contributed by atoms with Crippen LogP contribution in [0.3, 0.4) is 0 Å². The van der Waals surface area contributed by atoms with Gasteiger partial charge in [-0.05, 0) is 42.5 Å². The van der Waals surface area contributed by atoms with Gasteiger partial charge in [0.1, 0.15) is 6.10 Å². The standard InChI is InChI=1S/C22H24BrNO7/c1-10(2)8-29-20(26)11-3-5-12(6-4-11)24-15(25)9-30-21(27)16-13-7-14-17(16)22(28)31-19(14)18(13)23/h3-6,10,13-14,16-19H,7-9H2,1-2H3,(H,24,25)/t13-,14-,16-,17-,18+,19+/m1/s1. The molecule has 1 aliphatic heterocycles. The molecule has 1 heterocycles. The predicted molar refractivity (Wildman–Crippen MR) is 112 cm³/mol. The Morgan fingerprint density at radius 3 is 2.55 bits per heavy atom. The van der Waals surface area contributed by atoms with Crippen molar-refractivity contribution in [3.63, 3.8) is 0 Å². The Kier molecular flexibility index (Phi) is 6.05. The van der Waals surface area contributed by atoms with E-state index in [0.717, 1.165) is 6.42 Å². The zero-order valence-electron chi connectivity index (χ0n) is 17.2. The number of rotatable bonds is 7. The molecule has 8 nitrogen and oxygen atoms in total. The van der Waals surface area contributed by atoms with Crippen LogP contribution in [0, 0.1) is 29.6 Å². The Bertz CT molecular complexity index is 900. The van der Waals surface area contributed by atoms with Crippen molar-refractivity contribution in [3.8, 4) is 0 Å². The summed E-state index contributed by atoms with van der Waals surface area (Å²) in [5.74, 6) is -2.62. The highest BCUT2D eigenvalue weighted by Crippen LogP contribution is 2.60. The van der Waals surface area contributed by atoms with Gasteiger partial charge < -0.3 is 19.5 Å². The number of hydrogen-bond acceptors (Lipinski definition) is 7. The molecule has 1 aromatic carbocycles. The van der Waals surface area contributed by atoms with Crippen molar-refractivity contribution >= 4 is 45.4 Å². The molecule has 1 aromatic rings. The molecule has 1 saturated heterocycles. The molecule has 2 saturated carbocycles. The number of hydrogen-bond donors (Lipinski definition) is 1. The van der Waals surface area contributed by atoms with Crippen molar-refractivity contribution in [3.05, 3.63) is 29.8 Å². The summed E-state index contributed by atoms with van der Waals surface area (Å²) >= 11 is 3.54. The number of halogens is 1. The second kappa shape index (κ2) is 8.61. The maximum Gasteiger partial charge on any atom is 0.338 e. The van der Waals surface area contributed by atoms with Gasteiger partial charge in [-0.25, -0.2) is 4.79 Å². The minimum Gasteiger partial charge on any atom is -0.462 e. The van der Waals surface area contributed by atoms with Crippen molar-refractivity contribution in [1.82, 2.24) is 0 Å². The second-order valence-corrected chi connectivity index (χ2v) is 9.74. The van der Waals surface area contributed by atoms with Crippen molar-refractivity contribution in [2.24, 2.45) is 29.6 Å². The van der Waals surface area contributed by atoms with Crippen LogP contribution in [0.2, 0.25) is 0 Å². The summed E-state index contributed by atoms with van der Waals surface area (Å²) in [7, 11) is 0. The molecule has 2 bridgehead atoms. The molecule has 31 heavy (non-hydrogen) atoms. The first-order chi connectivity index (χ1) is 14.8. The van der Waals surface area contributed by atoms with E-state index in [2.05, 4.69) is 21.2 Å². The largest absolute Gasteiger partial charge is 0.462 e. The number of fused-ring (bicyclic) bond motifs is 1. The summed E-state index contributed by atoms with van der Waals surface area (Å²) in [5, 5.41) is 2.62. The molecule has 3 aliphatic rings. The Morgan fingerprint density at radius 2 is 1.87 bits per heavy atom. The fraction of sp³-hybridized carbons (Fsp3) is 0.545. The first-order valence-electron chi connectivity index (χ1n) is 10.3. The summed E-state index contributed by atoms with van der Waals surface area (Å²) in [6.45, 7) is 3.78. The van der Waals surface area contributed by atoms with E-state index in [-0.39, 0.29) is 34.7 Å². The van der Waals surface area contributed by atoms with E-state index in [9.17, 15) is 19.2 Å². The van der Waals surface area contributed by atoms with Crippen LogP contribution in [0.15, 0.2) is 24.3 Å². The third-order valence-electron chi connectivity index (χ3n) is 6.09. The molecule has 1 N–H and O–H groups in total. The van der Waals surface area contributed by atoms with Gasteiger partial charge in [0.05, 0.1) is 28.8 Å². The smallest absolute Gasteiger partial charge is 0.338 e. The number of anilines is 1. The number of benzene rings is 1. The summed E-state index contributed by atoms with van der Waals surface area (Å²) in [5.41, 5.74) is 0.844. The van der Waals surface area contributed by atoms with Gasteiger partial charge in [-0.2, -0.15) is 0 Å². The molecule has 1 amide bonds. The molecule has 2 aliphatic carbocycles. The average Bonchev–Trinajstić information content (AvgIpc) is 3.35. The third-order valence-corrected chi connectivity index (χ3v) is 7.29. The SMILES string of the molecule is CC(C)COC(=O)c1ccc(NC(=O)COC(=O)[C@@H]2[C@H]3C[C@H]4[C@H](OC(=O)[C@H]42)[C@H]3Br)cc1. The van der Waals surface area contributed by atoms with E-state index in [1.807, 2.05) is 13.8 Å². The molecule has 0 unspecified atom stereocenters. The van der Waals surface area contributed by atoms with Gasteiger partial charge in [0.15, 0.2) is 6.61 Å². The number of carbonyl (C=O) groups is 4. The van der Waals surface area contributed by atoms with Crippen LogP contribution in [0.25, 0.3) is 0 Å². The van der Waals surface area contributed by atoms with E-state index >= 15 is 0 Å². The molecular weight excluding hydrogens is 470 g/mol. The fourth-order valence-electron chi connectivity index (χ4n) is 4.74. The van der Waals surface area contributed by atoms with Crippen molar-refractivity contribution in [2.75, 3.05) is 18.5 Å². The van der Waals surface area contributed by atoms with Gasteiger partial charge in [0.2, 0.25) is 0 Å². The van der Waals surface area contributed by atoms with Gasteiger partial charge in [0.25, 0.3) is 5.91 Å². The molecule has 0 spiro atoms. The quantitative estimate of drug-likeness (QED) is 0.353. The van der Waals surface area contributed by atoms with Crippen molar-refractivity contribution < 1.29 is 33.4 Å². The van der Waals surface area contributed by atoms with Gasteiger partial charge in [-0.15, -0.1) is 0 Å². The molecule has 9 heteroatoms. The van der Waals surface area contributed by atoms with E-state index in [4.69, 9.17) is 14.2 Å². The monoisotopic (exact) mass is 493 g/mol. The number of amides is 1. The molecule has 4 rings (SSSR count). The molecule has 166 valence electrons. The summed E-state index contributed by atoms with van der Waals surface area (Å²) < 4.78 is 15.8. The first-order valence-corrected chi connectivity index (χ1v) is 11.3. The number of ether oxygens (including phenoxy) is 3. The number of esters is 3. The van der Waals surface area contributed by atoms with E-state index in [1.54, 1.807) is 24.3 Å². The predicted octanol–water partition coefficient (Wildman–Crippen LogP) is 2.55. The normalized spacial score (nSPS) is 30.3. The van der Waals surface area contributed by atoms with Gasteiger partial charge in [-0.1, -0.05) is 29.8 Å². The molecule has 0 aromatic heterocycles. The van der Waals surface area contributed by atoms with Crippen LogP contribution in [-0.2, 0) is 28.6 Å². The highest BCUT2D eigenvalue weighted by atomic mass is 79.9. The zero-order valence-corrected chi connectivity index (χ0v) is 18.8. The minimum absolute atomic E-state index is 0.0231. The van der Waals surface area contributed by atoms with Crippen LogP contribution >= 0.6 is 15.9 Å². The lowest BCUT2D eigenvalue weighted by Gasteiger charge is -2.26. The van der Waals surface area contributed by atoms with E-state index in [0.29, 0.717) is 17.9 Å². The van der Waals surface area contributed by atoms with Crippen LogP contribution in [-0.4, -0.2) is 48.0 Å². The second-order valence-electron chi connectivity index (χ2n) is 8.69. The van der Waals surface area contributed by atoms with Crippen LogP contribution in [0.1, 0.15) is 30.6 Å². The average molecular weight is 494 g/mol. The summed E-state index contributed by atoms with van der Waals surface area (Å²) in [6.07, 6.45) is 0.579. The van der Waals surface area contributed by atoms with Gasteiger partial charge in [0, 0.05) is 11.6 Å². The lowest BCUT2D eigenvalue weighted by molar-refractivity contribution is -0.157. The Balaban J connectivity index is 1.27.